The molecule has 110 valence electrons. The molecule has 2 nitrogen and oxygen atoms in total. The molecular formula is C19H22O2. The van der Waals surface area contributed by atoms with Crippen molar-refractivity contribution in [1.29, 1.82) is 0 Å². The number of ether oxygens (including phenoxy) is 1. The van der Waals surface area contributed by atoms with E-state index < -0.39 is 0 Å². The van der Waals surface area contributed by atoms with E-state index in [1.165, 1.54) is 5.56 Å². The number of phenolic OH excluding ortho intramolecular Hbond substituents is 1. The molecule has 2 heteroatoms. The van der Waals surface area contributed by atoms with Crippen LogP contribution in [0.5, 0.6) is 5.75 Å². The van der Waals surface area contributed by atoms with E-state index in [0.717, 1.165) is 22.5 Å². The van der Waals surface area contributed by atoms with Gasteiger partial charge in [0.15, 0.2) is 0 Å². The van der Waals surface area contributed by atoms with Crippen molar-refractivity contribution in [3.63, 3.8) is 0 Å². The maximum absolute atomic E-state index is 10.2. The number of hydrogen-bond donors (Lipinski definition) is 1. The standard InChI is InChI=1S/C19H22O2/c1-13(2)19(21-4)16-10-11-18(20)17(12-16)14(3)15-8-6-5-7-9-15/h5-12,14,20H,1-4H3/t14-/m1/s1. The molecule has 0 spiro atoms. The fraction of sp³-hybridized carbons (Fsp3) is 0.263. The molecule has 0 saturated heterocycles. The molecule has 0 radical (unpaired) electrons. The fourth-order valence-corrected chi connectivity index (χ4v) is 2.57. The molecule has 0 aliphatic rings. The number of aromatic hydroxyl groups is 1. The number of benzene rings is 2. The molecule has 2 rings (SSSR count). The quantitative estimate of drug-likeness (QED) is 0.805. The summed E-state index contributed by atoms with van der Waals surface area (Å²) in [6, 6.07) is 15.8. The van der Waals surface area contributed by atoms with Crippen LogP contribution in [-0.4, -0.2) is 12.2 Å². The van der Waals surface area contributed by atoms with Gasteiger partial charge in [0.05, 0.1) is 7.11 Å². The van der Waals surface area contributed by atoms with Gasteiger partial charge in [-0.2, -0.15) is 0 Å². The summed E-state index contributed by atoms with van der Waals surface area (Å²) in [5, 5.41) is 10.2. The van der Waals surface area contributed by atoms with Crippen molar-refractivity contribution >= 4 is 5.76 Å². The van der Waals surface area contributed by atoms with Crippen LogP contribution in [0.3, 0.4) is 0 Å². The third-order valence-corrected chi connectivity index (χ3v) is 3.71. The summed E-state index contributed by atoms with van der Waals surface area (Å²) in [4.78, 5) is 0. The molecule has 0 amide bonds. The van der Waals surface area contributed by atoms with Crippen LogP contribution in [0.15, 0.2) is 54.1 Å². The van der Waals surface area contributed by atoms with E-state index in [1.54, 1.807) is 13.2 Å². The minimum atomic E-state index is 0.126. The number of allylic oxidation sites excluding steroid dienone is 1. The van der Waals surface area contributed by atoms with Gasteiger partial charge >= 0.3 is 0 Å². The molecule has 0 saturated carbocycles. The van der Waals surface area contributed by atoms with Crippen molar-refractivity contribution in [3.8, 4) is 5.75 Å². The van der Waals surface area contributed by atoms with E-state index in [1.807, 2.05) is 44.2 Å². The minimum Gasteiger partial charge on any atom is -0.508 e. The lowest BCUT2D eigenvalue weighted by atomic mass is 9.91. The van der Waals surface area contributed by atoms with Gasteiger partial charge in [-0.25, -0.2) is 0 Å². The van der Waals surface area contributed by atoms with Gasteiger partial charge in [0.2, 0.25) is 0 Å². The summed E-state index contributed by atoms with van der Waals surface area (Å²) < 4.78 is 5.48. The first-order valence-electron chi connectivity index (χ1n) is 7.14. The van der Waals surface area contributed by atoms with Crippen LogP contribution >= 0.6 is 0 Å². The fourth-order valence-electron chi connectivity index (χ4n) is 2.57. The largest absolute Gasteiger partial charge is 0.508 e. The van der Waals surface area contributed by atoms with Gasteiger partial charge in [-0.1, -0.05) is 37.3 Å². The predicted molar refractivity (Wildman–Crippen MR) is 87.3 cm³/mol. The molecule has 0 aliphatic heterocycles. The van der Waals surface area contributed by atoms with Crippen molar-refractivity contribution in [2.45, 2.75) is 26.7 Å². The Bertz CT molecular complexity index is 638. The zero-order valence-corrected chi connectivity index (χ0v) is 13.1. The van der Waals surface area contributed by atoms with Gasteiger partial charge in [0, 0.05) is 17.0 Å². The Morgan fingerprint density at radius 3 is 2.29 bits per heavy atom. The lowest BCUT2D eigenvalue weighted by Crippen LogP contribution is -1.99. The summed E-state index contributed by atoms with van der Waals surface area (Å²) in [5.74, 6) is 1.30. The van der Waals surface area contributed by atoms with Gasteiger partial charge < -0.3 is 9.84 Å². The van der Waals surface area contributed by atoms with E-state index in [-0.39, 0.29) is 5.92 Å². The second-order valence-corrected chi connectivity index (χ2v) is 5.44. The third kappa shape index (κ3) is 3.27. The number of hydrogen-bond acceptors (Lipinski definition) is 2. The predicted octanol–water partition coefficient (Wildman–Crippen LogP) is 4.94. The van der Waals surface area contributed by atoms with Crippen LogP contribution < -0.4 is 0 Å². The Labute approximate surface area is 126 Å². The Balaban J connectivity index is 2.48. The molecule has 2 aromatic rings. The van der Waals surface area contributed by atoms with Gasteiger partial charge in [-0.05, 0) is 43.2 Å². The molecule has 1 N–H and O–H groups in total. The average Bonchev–Trinajstić information content (AvgIpc) is 2.49. The first-order valence-corrected chi connectivity index (χ1v) is 7.14. The normalized spacial score (nSPS) is 11.8. The first kappa shape index (κ1) is 15.2. The lowest BCUT2D eigenvalue weighted by molar-refractivity contribution is 0.366. The topological polar surface area (TPSA) is 29.5 Å². The van der Waals surface area contributed by atoms with E-state index in [9.17, 15) is 5.11 Å². The van der Waals surface area contributed by atoms with E-state index >= 15 is 0 Å². The molecular weight excluding hydrogens is 260 g/mol. The SMILES string of the molecule is COC(=C(C)C)c1ccc(O)c([C@H](C)c2ccccc2)c1. The highest BCUT2D eigenvalue weighted by molar-refractivity contribution is 5.64. The summed E-state index contributed by atoms with van der Waals surface area (Å²) in [7, 11) is 1.68. The highest BCUT2D eigenvalue weighted by atomic mass is 16.5. The Hall–Kier alpha value is -2.22. The summed E-state index contributed by atoms with van der Waals surface area (Å²) >= 11 is 0. The monoisotopic (exact) mass is 282 g/mol. The molecule has 2 aromatic carbocycles. The molecule has 0 bridgehead atoms. The molecule has 0 fully saturated rings. The third-order valence-electron chi connectivity index (χ3n) is 3.71. The van der Waals surface area contributed by atoms with Crippen LogP contribution in [0.25, 0.3) is 5.76 Å². The first-order chi connectivity index (χ1) is 10.0. The van der Waals surface area contributed by atoms with E-state index in [0.29, 0.717) is 5.75 Å². The average molecular weight is 282 g/mol. The Morgan fingerprint density at radius 2 is 1.71 bits per heavy atom. The molecule has 1 atom stereocenters. The highest BCUT2D eigenvalue weighted by Gasteiger charge is 2.15. The molecule has 0 heterocycles. The zero-order valence-electron chi connectivity index (χ0n) is 13.1. The van der Waals surface area contributed by atoms with Gasteiger partial charge in [-0.15, -0.1) is 0 Å². The molecule has 0 aromatic heterocycles. The number of rotatable bonds is 4. The maximum atomic E-state index is 10.2. The second-order valence-electron chi connectivity index (χ2n) is 5.44. The second kappa shape index (κ2) is 6.49. The van der Waals surface area contributed by atoms with Crippen molar-refractivity contribution < 1.29 is 9.84 Å². The van der Waals surface area contributed by atoms with Crippen molar-refractivity contribution in [1.82, 2.24) is 0 Å². The maximum Gasteiger partial charge on any atom is 0.124 e. The summed E-state index contributed by atoms with van der Waals surface area (Å²) in [6.45, 7) is 6.14. The smallest absolute Gasteiger partial charge is 0.124 e. The van der Waals surface area contributed by atoms with Gasteiger partial charge in [-0.3, -0.25) is 0 Å². The molecule has 21 heavy (non-hydrogen) atoms. The summed E-state index contributed by atoms with van der Waals surface area (Å²) in [5.41, 5.74) is 4.20. The van der Waals surface area contributed by atoms with Gasteiger partial charge in [0.25, 0.3) is 0 Å². The molecule has 0 aliphatic carbocycles. The van der Waals surface area contributed by atoms with Crippen LogP contribution in [0.1, 0.15) is 43.4 Å². The Morgan fingerprint density at radius 1 is 1.05 bits per heavy atom. The van der Waals surface area contributed by atoms with E-state index in [4.69, 9.17) is 4.74 Å². The van der Waals surface area contributed by atoms with Crippen LogP contribution in [0.4, 0.5) is 0 Å². The lowest BCUT2D eigenvalue weighted by Gasteiger charge is -2.17. The van der Waals surface area contributed by atoms with Crippen molar-refractivity contribution in [2.24, 2.45) is 0 Å². The number of methoxy groups -OCH3 is 1. The van der Waals surface area contributed by atoms with Crippen LogP contribution in [0.2, 0.25) is 0 Å². The van der Waals surface area contributed by atoms with Gasteiger partial charge in [0.1, 0.15) is 11.5 Å². The zero-order chi connectivity index (χ0) is 15.4. The number of phenols is 1. The summed E-state index contributed by atoms with van der Waals surface area (Å²) in [6.07, 6.45) is 0. The van der Waals surface area contributed by atoms with Crippen LogP contribution in [-0.2, 0) is 4.74 Å². The van der Waals surface area contributed by atoms with E-state index in [2.05, 4.69) is 19.1 Å². The molecule has 0 unspecified atom stereocenters. The minimum absolute atomic E-state index is 0.126. The van der Waals surface area contributed by atoms with Crippen molar-refractivity contribution in [2.75, 3.05) is 7.11 Å². The Kier molecular flexibility index (Phi) is 4.69. The van der Waals surface area contributed by atoms with Crippen molar-refractivity contribution in [3.05, 3.63) is 70.8 Å². The highest BCUT2D eigenvalue weighted by Crippen LogP contribution is 2.33. The van der Waals surface area contributed by atoms with Crippen LogP contribution in [0, 0.1) is 0 Å².